The number of hydrogen-bond acceptors (Lipinski definition) is 0. The molecule has 0 unspecified atom stereocenters. The van der Waals surface area contributed by atoms with Crippen LogP contribution in [-0.4, -0.2) is 9.52 Å². The van der Waals surface area contributed by atoms with Crippen molar-refractivity contribution in [2.75, 3.05) is 0 Å². The lowest BCUT2D eigenvalue weighted by Gasteiger charge is -2.14. The molecule has 0 aliphatic heterocycles. The van der Waals surface area contributed by atoms with Gasteiger partial charge >= 0.3 is 0 Å². The Labute approximate surface area is 107 Å². The van der Waals surface area contributed by atoms with Crippen molar-refractivity contribution < 1.29 is 0 Å². The van der Waals surface area contributed by atoms with Crippen molar-refractivity contribution in [3.63, 3.8) is 0 Å². The van der Waals surface area contributed by atoms with Gasteiger partial charge in [0.1, 0.15) is 9.52 Å². The minimum atomic E-state index is 0.767. The predicted octanol–water partition coefficient (Wildman–Crippen LogP) is 2.58. The molecule has 2 rings (SSSR count). The molecule has 0 aliphatic rings. The standard InChI is InChI=1S/C16H18Si/c1-11-10-12(2)16(14(4)13(11)3)17-15-8-6-5-7-9-15/h5-10H,1-4H3. The minimum absolute atomic E-state index is 0.767. The molecule has 0 N–H and O–H groups in total. The van der Waals surface area contributed by atoms with Gasteiger partial charge in [-0.3, -0.25) is 0 Å². The zero-order valence-electron chi connectivity index (χ0n) is 11.0. The Morgan fingerprint density at radius 1 is 0.765 bits per heavy atom. The third kappa shape index (κ3) is 2.50. The summed E-state index contributed by atoms with van der Waals surface area (Å²) in [5, 5.41) is 2.93. The van der Waals surface area contributed by atoms with Crippen molar-refractivity contribution in [3.05, 3.63) is 58.7 Å². The Morgan fingerprint density at radius 2 is 1.41 bits per heavy atom. The van der Waals surface area contributed by atoms with Gasteiger partial charge in [0.15, 0.2) is 0 Å². The van der Waals surface area contributed by atoms with Crippen molar-refractivity contribution in [2.45, 2.75) is 27.7 Å². The van der Waals surface area contributed by atoms with Crippen LogP contribution in [0.5, 0.6) is 0 Å². The molecule has 0 aromatic heterocycles. The van der Waals surface area contributed by atoms with Gasteiger partial charge in [-0.15, -0.1) is 0 Å². The molecule has 0 atom stereocenters. The summed E-state index contributed by atoms with van der Waals surface area (Å²) in [6, 6.07) is 13.1. The highest BCUT2D eigenvalue weighted by atomic mass is 28.2. The van der Waals surface area contributed by atoms with Crippen molar-refractivity contribution in [1.29, 1.82) is 0 Å². The van der Waals surface area contributed by atoms with Crippen LogP contribution in [0.3, 0.4) is 0 Å². The summed E-state index contributed by atoms with van der Waals surface area (Å²) in [6.07, 6.45) is 0. The van der Waals surface area contributed by atoms with E-state index in [1.807, 2.05) is 0 Å². The average molecular weight is 238 g/mol. The molecule has 0 spiro atoms. The van der Waals surface area contributed by atoms with Crippen molar-refractivity contribution >= 4 is 19.9 Å². The second-order valence-electron chi connectivity index (χ2n) is 4.63. The lowest BCUT2D eigenvalue weighted by Crippen LogP contribution is -2.31. The average Bonchev–Trinajstić information content (AvgIpc) is 2.33. The smallest absolute Gasteiger partial charge is 0.0631 e. The van der Waals surface area contributed by atoms with Crippen LogP contribution in [0, 0.1) is 27.7 Å². The molecule has 0 heterocycles. The molecular formula is C16H18Si. The van der Waals surface area contributed by atoms with Gasteiger partial charge in [0.2, 0.25) is 0 Å². The van der Waals surface area contributed by atoms with Crippen LogP contribution < -0.4 is 10.4 Å². The number of rotatable bonds is 2. The predicted molar refractivity (Wildman–Crippen MR) is 76.9 cm³/mol. The summed E-state index contributed by atoms with van der Waals surface area (Å²) in [4.78, 5) is 0. The molecule has 0 saturated carbocycles. The van der Waals surface area contributed by atoms with E-state index in [1.165, 1.54) is 32.6 Å². The molecule has 0 saturated heterocycles. The van der Waals surface area contributed by atoms with E-state index < -0.39 is 0 Å². The highest BCUT2D eigenvalue weighted by Crippen LogP contribution is 2.12. The van der Waals surface area contributed by atoms with Gasteiger partial charge in [0.05, 0.1) is 0 Å². The highest BCUT2D eigenvalue weighted by Gasteiger charge is 2.09. The first kappa shape index (κ1) is 12.1. The van der Waals surface area contributed by atoms with E-state index in [1.54, 1.807) is 0 Å². The maximum atomic E-state index is 2.31. The number of hydrogen-bond donors (Lipinski definition) is 0. The zero-order valence-corrected chi connectivity index (χ0v) is 12.0. The van der Waals surface area contributed by atoms with Gasteiger partial charge in [-0.05, 0) is 44.4 Å². The van der Waals surface area contributed by atoms with Crippen LogP contribution in [0.25, 0.3) is 0 Å². The maximum Gasteiger partial charge on any atom is 0.122 e. The molecule has 2 radical (unpaired) electrons. The van der Waals surface area contributed by atoms with Crippen LogP contribution in [0.2, 0.25) is 0 Å². The SMILES string of the molecule is Cc1cc(C)c([Si]c2ccccc2)c(C)c1C. The zero-order chi connectivity index (χ0) is 12.4. The Balaban J connectivity index is 2.43. The first-order valence-electron chi connectivity index (χ1n) is 5.99. The van der Waals surface area contributed by atoms with E-state index in [4.69, 9.17) is 0 Å². The fourth-order valence-electron chi connectivity index (χ4n) is 2.14. The first-order chi connectivity index (χ1) is 8.09. The second kappa shape index (κ2) is 4.88. The largest absolute Gasteiger partial charge is 0.122 e. The topological polar surface area (TPSA) is 0 Å². The van der Waals surface area contributed by atoms with E-state index in [0.29, 0.717) is 0 Å². The van der Waals surface area contributed by atoms with Gasteiger partial charge in [-0.1, -0.05) is 52.3 Å². The van der Waals surface area contributed by atoms with Gasteiger partial charge < -0.3 is 0 Å². The number of aryl methyl sites for hydroxylation is 2. The molecule has 17 heavy (non-hydrogen) atoms. The maximum absolute atomic E-state index is 2.31. The Morgan fingerprint density at radius 3 is 2.06 bits per heavy atom. The normalized spacial score (nSPS) is 10.6. The minimum Gasteiger partial charge on any atom is -0.0631 e. The van der Waals surface area contributed by atoms with Crippen LogP contribution >= 0.6 is 0 Å². The Hall–Kier alpha value is -1.34. The third-order valence-corrected chi connectivity index (χ3v) is 5.04. The summed E-state index contributed by atoms with van der Waals surface area (Å²) in [6.45, 7) is 8.90. The fraction of sp³-hybridized carbons (Fsp3) is 0.250. The second-order valence-corrected chi connectivity index (χ2v) is 5.95. The number of benzene rings is 2. The van der Waals surface area contributed by atoms with Crippen LogP contribution in [0.15, 0.2) is 36.4 Å². The molecule has 0 bridgehead atoms. The molecule has 0 nitrogen and oxygen atoms in total. The van der Waals surface area contributed by atoms with E-state index in [9.17, 15) is 0 Å². The molecule has 0 fully saturated rings. The van der Waals surface area contributed by atoms with Gasteiger partial charge in [0, 0.05) is 0 Å². The molecule has 2 aromatic rings. The Bertz CT molecular complexity index is 527. The molecule has 86 valence electrons. The van der Waals surface area contributed by atoms with Crippen molar-refractivity contribution in [2.24, 2.45) is 0 Å². The summed E-state index contributed by atoms with van der Waals surface area (Å²) in [5.41, 5.74) is 5.73. The summed E-state index contributed by atoms with van der Waals surface area (Å²) in [7, 11) is 0.767. The molecule has 2 aromatic carbocycles. The summed E-state index contributed by atoms with van der Waals surface area (Å²) in [5.74, 6) is 0. The summed E-state index contributed by atoms with van der Waals surface area (Å²) >= 11 is 0. The third-order valence-electron chi connectivity index (χ3n) is 3.40. The van der Waals surface area contributed by atoms with Crippen LogP contribution in [-0.2, 0) is 0 Å². The van der Waals surface area contributed by atoms with Crippen molar-refractivity contribution in [1.82, 2.24) is 0 Å². The van der Waals surface area contributed by atoms with E-state index in [-0.39, 0.29) is 0 Å². The molecule has 1 heteroatoms. The lowest BCUT2D eigenvalue weighted by molar-refractivity contribution is 1.26. The van der Waals surface area contributed by atoms with E-state index in [0.717, 1.165) is 9.52 Å². The van der Waals surface area contributed by atoms with Gasteiger partial charge in [-0.2, -0.15) is 0 Å². The fourth-order valence-corrected chi connectivity index (χ4v) is 3.43. The Kier molecular flexibility index (Phi) is 3.48. The van der Waals surface area contributed by atoms with Gasteiger partial charge in [0.25, 0.3) is 0 Å². The quantitative estimate of drug-likeness (QED) is 0.706. The highest BCUT2D eigenvalue weighted by molar-refractivity contribution is 6.68. The van der Waals surface area contributed by atoms with Crippen LogP contribution in [0.1, 0.15) is 22.3 Å². The monoisotopic (exact) mass is 238 g/mol. The van der Waals surface area contributed by atoms with E-state index in [2.05, 4.69) is 64.1 Å². The molecule has 0 amide bonds. The molecule has 0 aliphatic carbocycles. The molecular weight excluding hydrogens is 220 g/mol. The van der Waals surface area contributed by atoms with Crippen LogP contribution in [0.4, 0.5) is 0 Å². The summed E-state index contributed by atoms with van der Waals surface area (Å²) < 4.78 is 0. The lowest BCUT2D eigenvalue weighted by atomic mass is 10.0. The van der Waals surface area contributed by atoms with Gasteiger partial charge in [-0.25, -0.2) is 0 Å². The first-order valence-corrected chi connectivity index (χ1v) is 6.99. The van der Waals surface area contributed by atoms with Crippen molar-refractivity contribution in [3.8, 4) is 0 Å². The van der Waals surface area contributed by atoms with E-state index >= 15 is 0 Å².